The minimum Gasteiger partial charge on any atom is -0.409 e. The summed E-state index contributed by atoms with van der Waals surface area (Å²) in [4.78, 5) is 1.74. The number of hydrogen-bond acceptors (Lipinski definition) is 6. The number of nitrogens with zero attached hydrogens (tertiary/aromatic N) is 4. The van der Waals surface area contributed by atoms with Crippen LogP contribution in [0.2, 0.25) is 0 Å². The highest BCUT2D eigenvalue weighted by molar-refractivity contribution is 6.02. The average molecular weight is 253 g/mol. The van der Waals surface area contributed by atoms with E-state index >= 15 is 0 Å². The highest BCUT2D eigenvalue weighted by Gasteiger charge is 2.20. The molecule has 7 nitrogen and oxygen atoms in total. The Morgan fingerprint density at radius 2 is 2.06 bits per heavy atom. The molecular weight excluding hydrogens is 234 g/mol. The maximum Gasteiger partial charge on any atom is 0.174 e. The first-order chi connectivity index (χ1) is 8.43. The van der Waals surface area contributed by atoms with Crippen LogP contribution in [0.1, 0.15) is 23.7 Å². The molecule has 0 amide bonds. The van der Waals surface area contributed by atoms with Crippen molar-refractivity contribution < 1.29 is 10.3 Å². The van der Waals surface area contributed by atoms with Gasteiger partial charge in [-0.05, 0) is 26.3 Å². The topological polar surface area (TPSA) is 108 Å². The van der Waals surface area contributed by atoms with Crippen LogP contribution in [-0.2, 0) is 0 Å². The molecule has 0 aliphatic carbocycles. The predicted octanol–water partition coefficient (Wildman–Crippen LogP) is 0.00494. The Bertz CT molecular complexity index is 461. The van der Waals surface area contributed by atoms with Crippen LogP contribution in [0.3, 0.4) is 0 Å². The molecule has 0 aromatic carbocycles. The zero-order chi connectivity index (χ0) is 13.9. The van der Waals surface area contributed by atoms with Crippen LogP contribution in [0.4, 0.5) is 5.82 Å². The van der Waals surface area contributed by atoms with Gasteiger partial charge in [-0.2, -0.15) is 5.10 Å². The van der Waals surface area contributed by atoms with Crippen LogP contribution in [0.25, 0.3) is 0 Å². The highest BCUT2D eigenvalue weighted by atomic mass is 16.4. The van der Waals surface area contributed by atoms with Crippen molar-refractivity contribution in [2.75, 3.05) is 18.6 Å². The first-order valence-corrected chi connectivity index (χ1v) is 5.59. The summed E-state index contributed by atoms with van der Waals surface area (Å²) in [5.41, 5.74) is 7.73. The summed E-state index contributed by atoms with van der Waals surface area (Å²) in [7, 11) is 1.77. The number of hydrogen-bond donors (Lipinski definition) is 3. The summed E-state index contributed by atoms with van der Waals surface area (Å²) in [6.45, 7) is 5.45. The van der Waals surface area contributed by atoms with E-state index < -0.39 is 0 Å². The van der Waals surface area contributed by atoms with Gasteiger partial charge >= 0.3 is 0 Å². The Morgan fingerprint density at radius 1 is 1.44 bits per heavy atom. The van der Waals surface area contributed by atoms with Crippen LogP contribution in [0.15, 0.2) is 5.16 Å². The Kier molecular flexibility index (Phi) is 4.43. The van der Waals surface area contributed by atoms with Gasteiger partial charge in [0.2, 0.25) is 0 Å². The van der Waals surface area contributed by atoms with E-state index in [1.54, 1.807) is 18.9 Å². The van der Waals surface area contributed by atoms with Crippen LogP contribution in [-0.4, -0.2) is 46.0 Å². The molecule has 18 heavy (non-hydrogen) atoms. The van der Waals surface area contributed by atoms with Gasteiger partial charge in [-0.3, -0.25) is 0 Å². The van der Waals surface area contributed by atoms with Crippen molar-refractivity contribution in [3.63, 3.8) is 0 Å². The first kappa shape index (κ1) is 14.2. The van der Waals surface area contributed by atoms with Crippen molar-refractivity contribution >= 4 is 11.7 Å². The zero-order valence-electron chi connectivity index (χ0n) is 11.0. The standard InChI is InChI=1S/C11H19N5O2/c1-6(5-17)16(4)11-9(10(12)15-18)7(2)8(3)13-14-11/h6,17-18H,5H2,1-4H3,(H2,12,15). The van der Waals surface area contributed by atoms with Gasteiger partial charge in [0, 0.05) is 7.05 Å². The number of nitrogens with two attached hydrogens (primary N) is 1. The smallest absolute Gasteiger partial charge is 0.174 e. The van der Waals surface area contributed by atoms with Gasteiger partial charge in [0.05, 0.1) is 23.9 Å². The predicted molar refractivity (Wildman–Crippen MR) is 69.0 cm³/mol. The molecule has 1 aromatic rings. The van der Waals surface area contributed by atoms with E-state index in [0.29, 0.717) is 17.1 Å². The summed E-state index contributed by atoms with van der Waals surface area (Å²) in [6, 6.07) is -0.147. The molecule has 1 atom stereocenters. The number of likely N-dealkylation sites (N-methyl/N-ethyl adjacent to an activating group) is 1. The molecule has 4 N–H and O–H groups in total. The number of aliphatic hydroxyl groups excluding tert-OH is 1. The number of aromatic nitrogens is 2. The number of amidine groups is 1. The van der Waals surface area contributed by atoms with E-state index in [-0.39, 0.29) is 18.5 Å². The van der Waals surface area contributed by atoms with Crippen LogP contribution in [0.5, 0.6) is 0 Å². The fourth-order valence-corrected chi connectivity index (χ4v) is 1.53. The van der Waals surface area contributed by atoms with Crippen molar-refractivity contribution in [1.29, 1.82) is 0 Å². The van der Waals surface area contributed by atoms with Gasteiger partial charge in [0.15, 0.2) is 11.7 Å². The summed E-state index contributed by atoms with van der Waals surface area (Å²) in [5, 5.41) is 29.2. The number of rotatable bonds is 4. The van der Waals surface area contributed by atoms with Crippen molar-refractivity contribution in [3.8, 4) is 0 Å². The molecule has 0 fully saturated rings. The Hall–Kier alpha value is -1.89. The third-order valence-corrected chi connectivity index (χ3v) is 3.06. The number of aliphatic hydroxyl groups is 1. The first-order valence-electron chi connectivity index (χ1n) is 5.59. The van der Waals surface area contributed by atoms with Crippen molar-refractivity contribution in [1.82, 2.24) is 10.2 Å². The number of oxime groups is 1. The van der Waals surface area contributed by atoms with Crippen molar-refractivity contribution in [3.05, 3.63) is 16.8 Å². The van der Waals surface area contributed by atoms with Crippen molar-refractivity contribution in [2.24, 2.45) is 10.9 Å². The Morgan fingerprint density at radius 3 is 2.56 bits per heavy atom. The van der Waals surface area contributed by atoms with E-state index in [2.05, 4.69) is 15.4 Å². The molecule has 0 aliphatic heterocycles. The molecule has 0 aliphatic rings. The summed E-state index contributed by atoms with van der Waals surface area (Å²) < 4.78 is 0. The SMILES string of the molecule is Cc1nnc(N(C)C(C)CO)c(C(N)=NO)c1C. The molecule has 1 rings (SSSR count). The molecule has 0 spiro atoms. The van der Waals surface area contributed by atoms with Gasteiger partial charge < -0.3 is 20.9 Å². The molecule has 0 radical (unpaired) electrons. The van der Waals surface area contributed by atoms with Crippen molar-refractivity contribution in [2.45, 2.75) is 26.8 Å². The lowest BCUT2D eigenvalue weighted by Gasteiger charge is -2.26. The van der Waals surface area contributed by atoms with E-state index in [9.17, 15) is 5.11 Å². The molecule has 0 saturated heterocycles. The molecule has 0 saturated carbocycles. The normalized spacial score (nSPS) is 13.5. The fourth-order valence-electron chi connectivity index (χ4n) is 1.53. The Balaban J connectivity index is 3.40. The quantitative estimate of drug-likeness (QED) is 0.302. The number of anilines is 1. The second-order valence-corrected chi connectivity index (χ2v) is 4.24. The summed E-state index contributed by atoms with van der Waals surface area (Å²) >= 11 is 0. The molecule has 1 unspecified atom stereocenters. The lowest BCUT2D eigenvalue weighted by Crippen LogP contribution is -2.35. The number of aryl methyl sites for hydroxylation is 1. The van der Waals surface area contributed by atoms with Gasteiger partial charge in [-0.25, -0.2) is 0 Å². The van der Waals surface area contributed by atoms with E-state index in [0.717, 1.165) is 5.56 Å². The van der Waals surface area contributed by atoms with E-state index in [1.807, 2.05) is 13.8 Å². The second-order valence-electron chi connectivity index (χ2n) is 4.24. The van der Waals surface area contributed by atoms with E-state index in [1.165, 1.54) is 0 Å². The molecule has 1 heterocycles. The van der Waals surface area contributed by atoms with Gasteiger partial charge in [-0.1, -0.05) is 5.16 Å². The zero-order valence-corrected chi connectivity index (χ0v) is 11.0. The fraction of sp³-hybridized carbons (Fsp3) is 0.545. The highest BCUT2D eigenvalue weighted by Crippen LogP contribution is 2.22. The molecule has 0 bridgehead atoms. The largest absolute Gasteiger partial charge is 0.409 e. The monoisotopic (exact) mass is 253 g/mol. The maximum atomic E-state index is 9.18. The van der Waals surface area contributed by atoms with Gasteiger partial charge in [-0.15, -0.1) is 5.10 Å². The third kappa shape index (κ3) is 2.51. The second kappa shape index (κ2) is 5.63. The minimum atomic E-state index is -0.147. The van der Waals surface area contributed by atoms with Crippen LogP contribution >= 0.6 is 0 Å². The van der Waals surface area contributed by atoms with Gasteiger partial charge in [0.1, 0.15) is 0 Å². The average Bonchev–Trinajstić information content (AvgIpc) is 2.39. The minimum absolute atomic E-state index is 0.0162. The summed E-state index contributed by atoms with van der Waals surface area (Å²) in [5.74, 6) is 0.465. The van der Waals surface area contributed by atoms with Crippen LogP contribution in [0, 0.1) is 13.8 Å². The molecule has 1 aromatic heterocycles. The van der Waals surface area contributed by atoms with Gasteiger partial charge in [0.25, 0.3) is 0 Å². The molecule has 7 heteroatoms. The lowest BCUT2D eigenvalue weighted by molar-refractivity contribution is 0.269. The summed E-state index contributed by atoms with van der Waals surface area (Å²) in [6.07, 6.45) is 0. The van der Waals surface area contributed by atoms with Crippen LogP contribution < -0.4 is 10.6 Å². The lowest BCUT2D eigenvalue weighted by atomic mass is 10.1. The molecular formula is C11H19N5O2. The van der Waals surface area contributed by atoms with E-state index in [4.69, 9.17) is 10.9 Å². The maximum absolute atomic E-state index is 9.18. The Labute approximate surface area is 106 Å². The molecule has 100 valence electrons. The third-order valence-electron chi connectivity index (χ3n) is 3.06.